The second-order valence-electron chi connectivity index (χ2n) is 4.65. The van der Waals surface area contributed by atoms with Gasteiger partial charge in [0.15, 0.2) is 0 Å². The summed E-state index contributed by atoms with van der Waals surface area (Å²) in [4.78, 5) is 32.8. The Morgan fingerprint density at radius 1 is 1.29 bits per heavy atom. The van der Waals surface area contributed by atoms with Crippen molar-refractivity contribution in [3.8, 4) is 0 Å². The molecule has 1 aromatic rings. The maximum Gasteiger partial charge on any atom is 0.335 e. The number of carboxylic acids is 1. The number of hydrogen-bond donors (Lipinski definition) is 2. The van der Waals surface area contributed by atoms with E-state index in [2.05, 4.69) is 12.2 Å². The molecule has 0 bridgehead atoms. The molecule has 0 aliphatic heterocycles. The van der Waals surface area contributed by atoms with Crippen molar-refractivity contribution in [3.63, 3.8) is 0 Å². The highest BCUT2D eigenvalue weighted by molar-refractivity contribution is 5.95. The van der Waals surface area contributed by atoms with Gasteiger partial charge >= 0.3 is 5.97 Å². The quantitative estimate of drug-likeness (QED) is 0.434. The maximum absolute atomic E-state index is 11.7. The zero-order valence-corrected chi connectivity index (χ0v) is 11.8. The SMILES string of the molecule is CCCCCCC(=O)Nc1ccc(C(=O)O)cc1[N+](=O)[O-]. The van der Waals surface area contributed by atoms with Gasteiger partial charge in [0.25, 0.3) is 5.69 Å². The minimum absolute atomic E-state index is 0.0190. The fraction of sp³-hybridized carbons (Fsp3) is 0.429. The number of rotatable bonds is 8. The summed E-state index contributed by atoms with van der Waals surface area (Å²) < 4.78 is 0. The van der Waals surface area contributed by atoms with Gasteiger partial charge in [0.05, 0.1) is 10.5 Å². The van der Waals surface area contributed by atoms with E-state index < -0.39 is 16.6 Å². The van der Waals surface area contributed by atoms with Crippen LogP contribution < -0.4 is 5.32 Å². The maximum atomic E-state index is 11.7. The van der Waals surface area contributed by atoms with Gasteiger partial charge in [-0.25, -0.2) is 4.79 Å². The molecule has 1 amide bonds. The predicted molar refractivity (Wildman–Crippen MR) is 77.4 cm³/mol. The molecule has 0 spiro atoms. The number of amides is 1. The summed E-state index contributed by atoms with van der Waals surface area (Å²) in [5.74, 6) is -1.56. The first-order valence-electron chi connectivity index (χ1n) is 6.77. The van der Waals surface area contributed by atoms with Gasteiger partial charge in [0.1, 0.15) is 5.69 Å². The molecular formula is C14H18N2O5. The monoisotopic (exact) mass is 294 g/mol. The highest BCUT2D eigenvalue weighted by Gasteiger charge is 2.18. The first-order valence-corrected chi connectivity index (χ1v) is 6.77. The number of carbonyl (C=O) groups is 2. The van der Waals surface area contributed by atoms with E-state index in [-0.39, 0.29) is 23.6 Å². The standard InChI is InChI=1S/C14H18N2O5/c1-2-3-4-5-6-13(17)15-11-8-7-10(14(18)19)9-12(11)16(20)21/h7-9H,2-6H2,1H3,(H,15,17)(H,18,19). The van der Waals surface area contributed by atoms with E-state index >= 15 is 0 Å². The Labute approximate surface area is 122 Å². The first-order chi connectivity index (χ1) is 9.95. The van der Waals surface area contributed by atoms with Crippen molar-refractivity contribution in [2.24, 2.45) is 0 Å². The Morgan fingerprint density at radius 2 is 2.00 bits per heavy atom. The summed E-state index contributed by atoms with van der Waals surface area (Å²) in [6.45, 7) is 2.06. The molecule has 114 valence electrons. The van der Waals surface area contributed by atoms with Crippen LogP contribution in [0.2, 0.25) is 0 Å². The Balaban J connectivity index is 2.76. The van der Waals surface area contributed by atoms with Gasteiger partial charge in [-0.2, -0.15) is 0 Å². The molecule has 0 aromatic heterocycles. The van der Waals surface area contributed by atoms with Crippen molar-refractivity contribution >= 4 is 23.3 Å². The van der Waals surface area contributed by atoms with Gasteiger partial charge in [0, 0.05) is 12.5 Å². The smallest absolute Gasteiger partial charge is 0.335 e. The number of nitrogens with zero attached hydrogens (tertiary/aromatic N) is 1. The number of carboxylic acid groups (broad SMARTS) is 1. The van der Waals surface area contributed by atoms with Gasteiger partial charge in [0.2, 0.25) is 5.91 Å². The fourth-order valence-electron chi connectivity index (χ4n) is 1.85. The molecule has 0 fully saturated rings. The zero-order valence-electron chi connectivity index (χ0n) is 11.8. The lowest BCUT2D eigenvalue weighted by Crippen LogP contribution is -2.13. The van der Waals surface area contributed by atoms with E-state index in [1.807, 2.05) is 0 Å². The van der Waals surface area contributed by atoms with Crippen LogP contribution in [0.25, 0.3) is 0 Å². The largest absolute Gasteiger partial charge is 0.478 e. The third-order valence-electron chi connectivity index (χ3n) is 2.97. The minimum Gasteiger partial charge on any atom is -0.478 e. The van der Waals surface area contributed by atoms with Crippen LogP contribution in [0.5, 0.6) is 0 Å². The molecular weight excluding hydrogens is 276 g/mol. The number of carbonyl (C=O) groups excluding carboxylic acids is 1. The molecule has 21 heavy (non-hydrogen) atoms. The van der Waals surface area contributed by atoms with E-state index in [0.29, 0.717) is 0 Å². The molecule has 0 saturated heterocycles. The van der Waals surface area contributed by atoms with E-state index in [1.54, 1.807) is 0 Å². The second kappa shape index (κ2) is 7.98. The van der Waals surface area contributed by atoms with Crippen molar-refractivity contribution in [1.29, 1.82) is 0 Å². The van der Waals surface area contributed by atoms with Gasteiger partial charge in [-0.3, -0.25) is 14.9 Å². The summed E-state index contributed by atoms with van der Waals surface area (Å²) in [6.07, 6.45) is 4.05. The topological polar surface area (TPSA) is 110 Å². The molecule has 1 rings (SSSR count). The van der Waals surface area contributed by atoms with E-state index in [1.165, 1.54) is 12.1 Å². The van der Waals surface area contributed by atoms with Crippen molar-refractivity contribution in [2.45, 2.75) is 39.0 Å². The lowest BCUT2D eigenvalue weighted by molar-refractivity contribution is -0.384. The molecule has 2 N–H and O–H groups in total. The summed E-state index contributed by atoms with van der Waals surface area (Å²) in [5.41, 5.74) is -0.593. The molecule has 0 radical (unpaired) electrons. The average Bonchev–Trinajstić information content (AvgIpc) is 2.43. The molecule has 0 unspecified atom stereocenters. The fourth-order valence-corrected chi connectivity index (χ4v) is 1.85. The number of benzene rings is 1. The Hall–Kier alpha value is -2.44. The van der Waals surface area contributed by atoms with E-state index in [0.717, 1.165) is 31.7 Å². The third kappa shape index (κ3) is 5.21. The van der Waals surface area contributed by atoms with Crippen LogP contribution in [-0.4, -0.2) is 21.9 Å². The minimum atomic E-state index is -1.25. The Bertz CT molecular complexity index is 542. The van der Waals surface area contributed by atoms with Gasteiger partial charge in [-0.1, -0.05) is 26.2 Å². The van der Waals surface area contributed by atoms with Crippen LogP contribution in [0.1, 0.15) is 49.4 Å². The summed E-state index contributed by atoms with van der Waals surface area (Å²) in [6, 6.07) is 3.41. The molecule has 0 aliphatic rings. The number of nitro groups is 1. The summed E-state index contributed by atoms with van der Waals surface area (Å²) >= 11 is 0. The number of nitrogens with one attached hydrogen (secondary N) is 1. The van der Waals surface area contributed by atoms with Crippen LogP contribution in [0.15, 0.2) is 18.2 Å². The molecule has 0 heterocycles. The van der Waals surface area contributed by atoms with Gasteiger partial charge < -0.3 is 10.4 Å². The molecule has 0 atom stereocenters. The molecule has 0 saturated carbocycles. The highest BCUT2D eigenvalue weighted by Crippen LogP contribution is 2.26. The third-order valence-corrected chi connectivity index (χ3v) is 2.97. The van der Waals surface area contributed by atoms with Crippen LogP contribution in [0.4, 0.5) is 11.4 Å². The van der Waals surface area contributed by atoms with Crippen LogP contribution in [0, 0.1) is 10.1 Å². The first kappa shape index (κ1) is 16.6. The summed E-state index contributed by atoms with van der Waals surface area (Å²) in [7, 11) is 0. The van der Waals surface area contributed by atoms with Crippen LogP contribution in [-0.2, 0) is 4.79 Å². The van der Waals surface area contributed by atoms with Crippen molar-refractivity contribution in [3.05, 3.63) is 33.9 Å². The lowest BCUT2D eigenvalue weighted by Gasteiger charge is -2.06. The van der Waals surface area contributed by atoms with Crippen LogP contribution in [0.3, 0.4) is 0 Å². The van der Waals surface area contributed by atoms with E-state index in [4.69, 9.17) is 5.11 Å². The van der Waals surface area contributed by atoms with Crippen molar-refractivity contribution in [1.82, 2.24) is 0 Å². The molecule has 1 aromatic carbocycles. The number of anilines is 1. The number of unbranched alkanes of at least 4 members (excludes halogenated alkanes) is 3. The predicted octanol–water partition coefficient (Wildman–Crippen LogP) is 3.20. The Kier molecular flexibility index (Phi) is 6.32. The molecule has 0 aliphatic carbocycles. The average molecular weight is 294 g/mol. The number of nitro benzene ring substituents is 1. The second-order valence-corrected chi connectivity index (χ2v) is 4.65. The normalized spacial score (nSPS) is 10.1. The number of hydrogen-bond acceptors (Lipinski definition) is 4. The van der Waals surface area contributed by atoms with Gasteiger partial charge in [-0.05, 0) is 18.6 Å². The molecule has 7 heteroatoms. The Morgan fingerprint density at radius 3 is 2.57 bits per heavy atom. The highest BCUT2D eigenvalue weighted by atomic mass is 16.6. The van der Waals surface area contributed by atoms with Gasteiger partial charge in [-0.15, -0.1) is 0 Å². The van der Waals surface area contributed by atoms with Crippen molar-refractivity contribution < 1.29 is 19.6 Å². The van der Waals surface area contributed by atoms with Crippen LogP contribution >= 0.6 is 0 Å². The number of aromatic carboxylic acids is 1. The zero-order chi connectivity index (χ0) is 15.8. The lowest BCUT2D eigenvalue weighted by atomic mass is 10.1. The molecule has 7 nitrogen and oxygen atoms in total. The summed E-state index contributed by atoms with van der Waals surface area (Å²) in [5, 5.41) is 22.2. The van der Waals surface area contributed by atoms with Crippen molar-refractivity contribution in [2.75, 3.05) is 5.32 Å². The van der Waals surface area contributed by atoms with E-state index in [9.17, 15) is 19.7 Å².